The van der Waals surface area contributed by atoms with E-state index in [0.717, 1.165) is 5.56 Å². The Balaban J connectivity index is 2.01. The summed E-state index contributed by atoms with van der Waals surface area (Å²) in [7, 11) is 1.58. The maximum atomic E-state index is 11.3. The first kappa shape index (κ1) is 15.1. The van der Waals surface area contributed by atoms with Crippen LogP contribution in [0.1, 0.15) is 28.9 Å². The molecule has 0 bridgehead atoms. The van der Waals surface area contributed by atoms with Gasteiger partial charge in [0.1, 0.15) is 24.2 Å². The van der Waals surface area contributed by atoms with Gasteiger partial charge in [0, 0.05) is 5.56 Å². The van der Waals surface area contributed by atoms with Crippen LogP contribution in [0.2, 0.25) is 0 Å². The van der Waals surface area contributed by atoms with Crippen molar-refractivity contribution in [2.45, 2.75) is 13.0 Å². The maximum Gasteiger partial charge on any atom is 0.159 e. The van der Waals surface area contributed by atoms with Gasteiger partial charge in [-0.05, 0) is 36.8 Å². The number of carbonyl (C=O) groups is 1. The topological polar surface area (TPSA) is 55.8 Å². The molecule has 0 aliphatic carbocycles. The molecule has 0 fully saturated rings. The van der Waals surface area contributed by atoms with Crippen LogP contribution in [0.3, 0.4) is 0 Å². The van der Waals surface area contributed by atoms with Gasteiger partial charge in [-0.1, -0.05) is 24.3 Å². The van der Waals surface area contributed by atoms with E-state index in [1.54, 1.807) is 37.4 Å². The van der Waals surface area contributed by atoms with Crippen molar-refractivity contribution in [3.8, 4) is 11.5 Å². The second-order valence-corrected chi connectivity index (χ2v) is 4.69. The molecule has 1 atom stereocenters. The normalized spacial score (nSPS) is 11.8. The summed E-state index contributed by atoms with van der Waals surface area (Å²) in [6.07, 6.45) is -0.763. The molecule has 2 aromatic carbocycles. The summed E-state index contributed by atoms with van der Waals surface area (Å²) in [6, 6.07) is 14.1. The van der Waals surface area contributed by atoms with Crippen molar-refractivity contribution in [1.29, 1.82) is 0 Å². The Kier molecular flexibility index (Phi) is 4.95. The monoisotopic (exact) mass is 286 g/mol. The molecule has 0 aliphatic rings. The zero-order chi connectivity index (χ0) is 15.2. The summed E-state index contributed by atoms with van der Waals surface area (Å²) in [5.74, 6) is 1.23. The molecule has 0 radical (unpaired) electrons. The molecule has 0 aliphatic heterocycles. The van der Waals surface area contributed by atoms with Gasteiger partial charge in [0.05, 0.1) is 7.11 Å². The van der Waals surface area contributed by atoms with Gasteiger partial charge in [0.15, 0.2) is 5.78 Å². The fraction of sp³-hybridized carbons (Fsp3) is 0.235. The highest BCUT2D eigenvalue weighted by atomic mass is 16.5. The predicted molar refractivity (Wildman–Crippen MR) is 79.9 cm³/mol. The minimum atomic E-state index is -0.763. The molecule has 0 aromatic heterocycles. The minimum Gasteiger partial charge on any atom is -0.497 e. The van der Waals surface area contributed by atoms with Crippen molar-refractivity contribution in [2.75, 3.05) is 13.7 Å². The van der Waals surface area contributed by atoms with Crippen molar-refractivity contribution in [1.82, 2.24) is 0 Å². The highest BCUT2D eigenvalue weighted by molar-refractivity contribution is 5.94. The van der Waals surface area contributed by atoms with Crippen molar-refractivity contribution < 1.29 is 19.4 Å². The first-order valence-corrected chi connectivity index (χ1v) is 6.66. The summed E-state index contributed by atoms with van der Waals surface area (Å²) < 4.78 is 10.7. The Bertz CT molecular complexity index is 622. The van der Waals surface area contributed by atoms with Crippen LogP contribution in [-0.2, 0) is 0 Å². The standard InChI is InChI=1S/C17H18O4/c1-12(18)13-5-3-8-16(9-13)21-11-17(19)14-6-4-7-15(10-14)20-2/h3-10,17,19H,11H2,1-2H3. The van der Waals surface area contributed by atoms with Crippen LogP contribution in [-0.4, -0.2) is 24.6 Å². The largest absolute Gasteiger partial charge is 0.497 e. The number of rotatable bonds is 6. The van der Waals surface area contributed by atoms with Crippen LogP contribution in [0.15, 0.2) is 48.5 Å². The maximum absolute atomic E-state index is 11.3. The molecular weight excluding hydrogens is 268 g/mol. The predicted octanol–water partition coefficient (Wildman–Crippen LogP) is 3.01. The molecule has 21 heavy (non-hydrogen) atoms. The molecule has 1 unspecified atom stereocenters. The third-order valence-corrected chi connectivity index (χ3v) is 3.13. The third-order valence-electron chi connectivity index (χ3n) is 3.13. The summed E-state index contributed by atoms with van der Waals surface area (Å²) >= 11 is 0. The number of Topliss-reactive ketones (excluding diaryl/α,β-unsaturated/α-hetero) is 1. The SMILES string of the molecule is COc1cccc(C(O)COc2cccc(C(C)=O)c2)c1. The minimum absolute atomic E-state index is 0.0196. The van der Waals surface area contributed by atoms with E-state index in [4.69, 9.17) is 9.47 Å². The number of aliphatic hydroxyl groups is 1. The number of ether oxygens (including phenoxy) is 2. The number of hydrogen-bond donors (Lipinski definition) is 1. The number of carbonyl (C=O) groups excluding carboxylic acids is 1. The van der Waals surface area contributed by atoms with Gasteiger partial charge in [0.2, 0.25) is 0 Å². The van der Waals surface area contributed by atoms with Crippen molar-refractivity contribution >= 4 is 5.78 Å². The van der Waals surface area contributed by atoms with Gasteiger partial charge in [-0.3, -0.25) is 4.79 Å². The molecule has 110 valence electrons. The zero-order valence-corrected chi connectivity index (χ0v) is 12.1. The van der Waals surface area contributed by atoms with Gasteiger partial charge >= 0.3 is 0 Å². The van der Waals surface area contributed by atoms with E-state index in [1.165, 1.54) is 6.92 Å². The summed E-state index contributed by atoms with van der Waals surface area (Å²) in [5, 5.41) is 10.1. The van der Waals surface area contributed by atoms with E-state index in [-0.39, 0.29) is 12.4 Å². The van der Waals surface area contributed by atoms with Gasteiger partial charge < -0.3 is 14.6 Å². The Labute approximate surface area is 123 Å². The van der Waals surface area contributed by atoms with Gasteiger partial charge in [0.25, 0.3) is 0 Å². The Hall–Kier alpha value is -2.33. The second kappa shape index (κ2) is 6.90. The highest BCUT2D eigenvalue weighted by Crippen LogP contribution is 2.21. The lowest BCUT2D eigenvalue weighted by molar-refractivity contribution is 0.101. The fourth-order valence-electron chi connectivity index (χ4n) is 1.93. The van der Waals surface area contributed by atoms with E-state index in [2.05, 4.69) is 0 Å². The molecule has 0 saturated heterocycles. The molecule has 0 amide bonds. The first-order valence-electron chi connectivity index (χ1n) is 6.66. The van der Waals surface area contributed by atoms with Crippen LogP contribution < -0.4 is 9.47 Å². The van der Waals surface area contributed by atoms with Crippen molar-refractivity contribution in [2.24, 2.45) is 0 Å². The van der Waals surface area contributed by atoms with Crippen LogP contribution in [0.4, 0.5) is 0 Å². The van der Waals surface area contributed by atoms with Crippen LogP contribution in [0, 0.1) is 0 Å². The smallest absolute Gasteiger partial charge is 0.159 e. The summed E-state index contributed by atoms with van der Waals surface area (Å²) in [5.41, 5.74) is 1.31. The molecule has 0 spiro atoms. The fourth-order valence-corrected chi connectivity index (χ4v) is 1.93. The first-order chi connectivity index (χ1) is 10.1. The van der Waals surface area contributed by atoms with E-state index >= 15 is 0 Å². The van der Waals surface area contributed by atoms with Crippen LogP contribution in [0.25, 0.3) is 0 Å². The van der Waals surface area contributed by atoms with Crippen molar-refractivity contribution in [3.05, 3.63) is 59.7 Å². The number of methoxy groups -OCH3 is 1. The average Bonchev–Trinajstić information content (AvgIpc) is 2.53. The van der Waals surface area contributed by atoms with Crippen LogP contribution >= 0.6 is 0 Å². The lowest BCUT2D eigenvalue weighted by Crippen LogP contribution is -2.10. The number of aliphatic hydroxyl groups excluding tert-OH is 1. The van der Waals surface area contributed by atoms with E-state index in [1.807, 2.05) is 18.2 Å². The molecular formula is C17H18O4. The number of ketones is 1. The third kappa shape index (κ3) is 4.07. The summed E-state index contributed by atoms with van der Waals surface area (Å²) in [6.45, 7) is 1.61. The Morgan fingerprint density at radius 2 is 1.86 bits per heavy atom. The van der Waals surface area contributed by atoms with E-state index in [9.17, 15) is 9.90 Å². The molecule has 2 aromatic rings. The van der Waals surface area contributed by atoms with E-state index < -0.39 is 6.10 Å². The summed E-state index contributed by atoms with van der Waals surface area (Å²) in [4.78, 5) is 11.3. The Morgan fingerprint density at radius 3 is 2.57 bits per heavy atom. The van der Waals surface area contributed by atoms with Gasteiger partial charge in [-0.15, -0.1) is 0 Å². The highest BCUT2D eigenvalue weighted by Gasteiger charge is 2.10. The second-order valence-electron chi connectivity index (χ2n) is 4.69. The van der Waals surface area contributed by atoms with Gasteiger partial charge in [-0.2, -0.15) is 0 Å². The van der Waals surface area contributed by atoms with Crippen molar-refractivity contribution in [3.63, 3.8) is 0 Å². The number of benzene rings is 2. The lowest BCUT2D eigenvalue weighted by Gasteiger charge is -2.14. The Morgan fingerprint density at radius 1 is 1.14 bits per heavy atom. The molecule has 0 saturated carbocycles. The molecule has 4 heteroatoms. The molecule has 4 nitrogen and oxygen atoms in total. The zero-order valence-electron chi connectivity index (χ0n) is 12.1. The van der Waals surface area contributed by atoms with E-state index in [0.29, 0.717) is 17.1 Å². The molecule has 2 rings (SSSR count). The molecule has 0 heterocycles. The average molecular weight is 286 g/mol. The lowest BCUT2D eigenvalue weighted by atomic mass is 10.1. The van der Waals surface area contributed by atoms with Gasteiger partial charge in [-0.25, -0.2) is 0 Å². The number of hydrogen-bond acceptors (Lipinski definition) is 4. The quantitative estimate of drug-likeness (QED) is 0.829. The van der Waals surface area contributed by atoms with Crippen LogP contribution in [0.5, 0.6) is 11.5 Å². The molecule has 1 N–H and O–H groups in total.